The molecule has 1 unspecified atom stereocenters. The van der Waals surface area contributed by atoms with Gasteiger partial charge in [-0.1, -0.05) is 12.1 Å². The van der Waals surface area contributed by atoms with Crippen LogP contribution in [0.15, 0.2) is 36.4 Å². The molecule has 0 saturated carbocycles. The van der Waals surface area contributed by atoms with Crippen LogP contribution in [0.2, 0.25) is 0 Å². The maximum atomic E-state index is 13.7. The summed E-state index contributed by atoms with van der Waals surface area (Å²) in [6.45, 7) is 1.80. The van der Waals surface area contributed by atoms with E-state index in [1.165, 1.54) is 22.8 Å². The number of nitrogens with two attached hydrogens (primary N) is 1. The Morgan fingerprint density at radius 2 is 1.71 bits per heavy atom. The summed E-state index contributed by atoms with van der Waals surface area (Å²) in [5.41, 5.74) is 6.87. The third-order valence-electron chi connectivity index (χ3n) is 3.48. The quantitative estimate of drug-likeness (QED) is 0.783. The highest BCUT2D eigenvalue weighted by molar-refractivity contribution is 5.79. The maximum Gasteiger partial charge on any atom is 0.201 e. The maximum absolute atomic E-state index is 13.7. The zero-order valence-corrected chi connectivity index (χ0v) is 11.1. The van der Waals surface area contributed by atoms with Crippen LogP contribution in [0.4, 0.5) is 19.1 Å². The summed E-state index contributed by atoms with van der Waals surface area (Å²) in [4.78, 5) is 3.94. The van der Waals surface area contributed by atoms with Gasteiger partial charge in [-0.2, -0.15) is 0 Å². The van der Waals surface area contributed by atoms with Crippen LogP contribution in [0, 0.1) is 17.5 Å². The number of aromatic nitrogens is 2. The van der Waals surface area contributed by atoms with Crippen molar-refractivity contribution in [2.24, 2.45) is 0 Å². The molecule has 21 heavy (non-hydrogen) atoms. The summed E-state index contributed by atoms with van der Waals surface area (Å²) in [6.07, 6.45) is 0. The zero-order chi connectivity index (χ0) is 15.1. The second-order valence-corrected chi connectivity index (χ2v) is 4.82. The Bertz CT molecular complexity index is 809. The first-order valence-corrected chi connectivity index (χ1v) is 6.35. The SMILES string of the molecule is CC(c1ccc(F)cc1)n1c(N)nc2c(F)cc(F)cc21. The third kappa shape index (κ3) is 2.22. The lowest BCUT2D eigenvalue weighted by molar-refractivity contribution is 0.588. The van der Waals surface area contributed by atoms with Gasteiger partial charge in [-0.3, -0.25) is 0 Å². The Morgan fingerprint density at radius 1 is 1.05 bits per heavy atom. The van der Waals surface area contributed by atoms with Crippen LogP contribution in [-0.4, -0.2) is 9.55 Å². The molecule has 1 atom stereocenters. The summed E-state index contributed by atoms with van der Waals surface area (Å²) < 4.78 is 41.7. The van der Waals surface area contributed by atoms with Crippen molar-refractivity contribution >= 4 is 17.0 Å². The van der Waals surface area contributed by atoms with Gasteiger partial charge in [0.05, 0.1) is 11.6 Å². The lowest BCUT2D eigenvalue weighted by Crippen LogP contribution is -2.10. The monoisotopic (exact) mass is 291 g/mol. The summed E-state index contributed by atoms with van der Waals surface area (Å²) in [5, 5.41) is 0. The summed E-state index contributed by atoms with van der Waals surface area (Å²) in [7, 11) is 0. The number of nitrogen functional groups attached to an aromatic ring is 1. The number of nitrogens with zero attached hydrogens (tertiary/aromatic N) is 2. The highest BCUT2D eigenvalue weighted by Crippen LogP contribution is 2.29. The molecule has 6 heteroatoms. The van der Waals surface area contributed by atoms with Crippen LogP contribution < -0.4 is 5.73 Å². The smallest absolute Gasteiger partial charge is 0.201 e. The first-order chi connectivity index (χ1) is 9.97. The number of fused-ring (bicyclic) bond motifs is 1. The van der Waals surface area contributed by atoms with Gasteiger partial charge in [-0.05, 0) is 24.6 Å². The minimum atomic E-state index is -0.762. The third-order valence-corrected chi connectivity index (χ3v) is 3.48. The van der Waals surface area contributed by atoms with Gasteiger partial charge in [0.1, 0.15) is 17.2 Å². The molecule has 3 nitrogen and oxygen atoms in total. The fourth-order valence-corrected chi connectivity index (χ4v) is 2.44. The highest BCUT2D eigenvalue weighted by atomic mass is 19.1. The number of benzene rings is 2. The molecular formula is C15H12F3N3. The van der Waals surface area contributed by atoms with Gasteiger partial charge in [0.2, 0.25) is 5.95 Å². The lowest BCUT2D eigenvalue weighted by atomic mass is 10.1. The Kier molecular flexibility index (Phi) is 3.08. The van der Waals surface area contributed by atoms with Gasteiger partial charge in [0.25, 0.3) is 0 Å². The minimum absolute atomic E-state index is 0.0165. The van der Waals surface area contributed by atoms with E-state index in [1.54, 1.807) is 19.1 Å². The van der Waals surface area contributed by atoms with Crippen molar-refractivity contribution in [3.63, 3.8) is 0 Å². The molecule has 108 valence electrons. The number of halogens is 3. The molecule has 0 amide bonds. The van der Waals surface area contributed by atoms with Crippen molar-refractivity contribution in [2.45, 2.75) is 13.0 Å². The standard InChI is InChI=1S/C15H12F3N3/c1-8(9-2-4-10(16)5-3-9)21-13-7-11(17)6-12(18)14(13)20-15(21)19/h2-8H,1H3,(H2,19,20). The number of rotatable bonds is 2. The molecule has 0 aliphatic rings. The second-order valence-electron chi connectivity index (χ2n) is 4.82. The predicted molar refractivity (Wildman–Crippen MR) is 74.3 cm³/mol. The number of imidazole rings is 1. The average molecular weight is 291 g/mol. The van der Waals surface area contributed by atoms with E-state index in [4.69, 9.17) is 5.73 Å². The number of hydrogen-bond donors (Lipinski definition) is 1. The normalized spacial score (nSPS) is 12.8. The molecule has 3 rings (SSSR count). The molecule has 3 aromatic rings. The molecule has 0 spiro atoms. The van der Waals surface area contributed by atoms with E-state index in [0.29, 0.717) is 0 Å². The van der Waals surface area contributed by atoms with E-state index >= 15 is 0 Å². The van der Waals surface area contributed by atoms with Crippen molar-refractivity contribution in [2.75, 3.05) is 5.73 Å². The van der Waals surface area contributed by atoms with E-state index < -0.39 is 11.6 Å². The first kappa shape index (κ1) is 13.5. The van der Waals surface area contributed by atoms with Crippen molar-refractivity contribution in [1.82, 2.24) is 9.55 Å². The van der Waals surface area contributed by atoms with Crippen molar-refractivity contribution in [1.29, 1.82) is 0 Å². The van der Waals surface area contributed by atoms with E-state index in [1.807, 2.05) is 0 Å². The Labute approximate surface area is 118 Å². The molecule has 0 aliphatic carbocycles. The van der Waals surface area contributed by atoms with Gasteiger partial charge < -0.3 is 10.3 Å². The van der Waals surface area contributed by atoms with E-state index in [-0.39, 0.29) is 28.8 Å². The Morgan fingerprint density at radius 3 is 2.38 bits per heavy atom. The van der Waals surface area contributed by atoms with Gasteiger partial charge in [-0.25, -0.2) is 18.2 Å². The fraction of sp³-hybridized carbons (Fsp3) is 0.133. The molecule has 0 radical (unpaired) electrons. The Hall–Kier alpha value is -2.50. The molecule has 2 aromatic carbocycles. The molecule has 0 fully saturated rings. The van der Waals surface area contributed by atoms with Gasteiger partial charge in [0, 0.05) is 12.1 Å². The topological polar surface area (TPSA) is 43.8 Å². The fourth-order valence-electron chi connectivity index (χ4n) is 2.44. The molecular weight excluding hydrogens is 279 g/mol. The molecule has 0 saturated heterocycles. The average Bonchev–Trinajstić information content (AvgIpc) is 2.75. The number of hydrogen-bond acceptors (Lipinski definition) is 2. The lowest BCUT2D eigenvalue weighted by Gasteiger charge is -2.16. The second kappa shape index (κ2) is 4.80. The molecule has 1 heterocycles. The van der Waals surface area contributed by atoms with Crippen molar-refractivity contribution < 1.29 is 13.2 Å². The Balaban J connectivity index is 2.19. The highest BCUT2D eigenvalue weighted by Gasteiger charge is 2.18. The first-order valence-electron chi connectivity index (χ1n) is 6.35. The molecule has 1 aromatic heterocycles. The molecule has 0 bridgehead atoms. The van der Waals surface area contributed by atoms with Crippen LogP contribution in [0.25, 0.3) is 11.0 Å². The minimum Gasteiger partial charge on any atom is -0.369 e. The summed E-state index contributed by atoms with van der Waals surface area (Å²) >= 11 is 0. The van der Waals surface area contributed by atoms with Crippen LogP contribution in [-0.2, 0) is 0 Å². The van der Waals surface area contributed by atoms with Crippen LogP contribution in [0.5, 0.6) is 0 Å². The van der Waals surface area contributed by atoms with Gasteiger partial charge in [0.15, 0.2) is 5.82 Å². The van der Waals surface area contributed by atoms with E-state index in [2.05, 4.69) is 4.98 Å². The zero-order valence-electron chi connectivity index (χ0n) is 11.1. The van der Waals surface area contributed by atoms with Crippen molar-refractivity contribution in [3.8, 4) is 0 Å². The van der Waals surface area contributed by atoms with E-state index in [9.17, 15) is 13.2 Å². The largest absolute Gasteiger partial charge is 0.369 e. The molecule has 0 aliphatic heterocycles. The summed E-state index contributed by atoms with van der Waals surface area (Å²) in [5.74, 6) is -1.74. The van der Waals surface area contributed by atoms with Gasteiger partial charge in [-0.15, -0.1) is 0 Å². The molecule has 2 N–H and O–H groups in total. The van der Waals surface area contributed by atoms with Crippen LogP contribution in [0.1, 0.15) is 18.5 Å². The van der Waals surface area contributed by atoms with Crippen LogP contribution >= 0.6 is 0 Å². The summed E-state index contributed by atoms with van der Waals surface area (Å²) in [6, 6.07) is 7.45. The van der Waals surface area contributed by atoms with Gasteiger partial charge >= 0.3 is 0 Å². The predicted octanol–water partition coefficient (Wildman–Crippen LogP) is 3.65. The van der Waals surface area contributed by atoms with E-state index in [0.717, 1.165) is 11.6 Å². The number of anilines is 1. The van der Waals surface area contributed by atoms with Crippen LogP contribution in [0.3, 0.4) is 0 Å². The van der Waals surface area contributed by atoms with Crippen molar-refractivity contribution in [3.05, 3.63) is 59.4 Å².